The van der Waals surface area contributed by atoms with Gasteiger partial charge in [-0.15, -0.1) is 0 Å². The minimum atomic E-state index is -4.34. The van der Waals surface area contributed by atoms with Gasteiger partial charge in [-0.3, -0.25) is 9.52 Å². The number of alkyl halides is 1. The summed E-state index contributed by atoms with van der Waals surface area (Å²) in [5.41, 5.74) is 0.956. The van der Waals surface area contributed by atoms with Crippen molar-refractivity contribution in [3.05, 3.63) is 77.6 Å². The maximum absolute atomic E-state index is 15.5. The Morgan fingerprint density at radius 2 is 1.73 bits per heavy atom. The second-order valence-corrected chi connectivity index (χ2v) is 12.3. The van der Waals surface area contributed by atoms with Crippen molar-refractivity contribution < 1.29 is 36.3 Å². The van der Waals surface area contributed by atoms with Crippen molar-refractivity contribution in [2.75, 3.05) is 48.9 Å². The average molecular weight is 629 g/mol. The van der Waals surface area contributed by atoms with Crippen LogP contribution in [0, 0.1) is 11.6 Å². The molecule has 1 atom stereocenters. The van der Waals surface area contributed by atoms with Crippen LogP contribution in [0.3, 0.4) is 0 Å². The molecule has 1 amide bonds. The third-order valence-corrected chi connectivity index (χ3v) is 9.37. The van der Waals surface area contributed by atoms with Gasteiger partial charge in [0.25, 0.3) is 0 Å². The third kappa shape index (κ3) is 5.55. The number of aromatic amines is 1. The molecule has 3 N–H and O–H groups in total. The Kier molecular flexibility index (Phi) is 7.67. The largest absolute Gasteiger partial charge is 0.465 e. The van der Waals surface area contributed by atoms with E-state index in [4.69, 9.17) is 5.11 Å². The van der Waals surface area contributed by atoms with Crippen LogP contribution in [0.4, 0.5) is 29.3 Å². The topological polar surface area (TPSA) is 139 Å². The molecule has 0 radical (unpaired) electrons. The van der Waals surface area contributed by atoms with Crippen molar-refractivity contribution in [1.82, 2.24) is 19.2 Å². The molecule has 6 rings (SSSR count). The van der Waals surface area contributed by atoms with Gasteiger partial charge < -0.3 is 19.9 Å². The van der Waals surface area contributed by atoms with Crippen molar-refractivity contribution in [2.24, 2.45) is 0 Å². The number of nitrogens with zero attached hydrogens (tertiary/aromatic N) is 4. The monoisotopic (exact) mass is 628 g/mol. The molecule has 2 fully saturated rings. The number of carboxylic acid groups (broad SMARTS) is 1. The molecule has 4 aromatic rings. The number of H-pyrrole nitrogens is 1. The van der Waals surface area contributed by atoms with Gasteiger partial charge in [0, 0.05) is 73.9 Å². The molecule has 2 aromatic heterocycles. The molecule has 0 bridgehead atoms. The molecule has 0 aliphatic carbocycles. The van der Waals surface area contributed by atoms with Crippen LogP contribution in [-0.2, 0) is 10.2 Å². The molecule has 2 aromatic carbocycles. The molecule has 2 aliphatic heterocycles. The number of carbonyl (C=O) groups is 2. The Morgan fingerprint density at radius 3 is 2.39 bits per heavy atom. The zero-order valence-electron chi connectivity index (χ0n) is 23.1. The van der Waals surface area contributed by atoms with Crippen LogP contribution >= 0.6 is 0 Å². The lowest BCUT2D eigenvalue weighted by molar-refractivity contribution is 0.103. The van der Waals surface area contributed by atoms with Gasteiger partial charge in [0.05, 0.1) is 11.3 Å². The van der Waals surface area contributed by atoms with Crippen LogP contribution in [-0.4, -0.2) is 90.0 Å². The number of benzene rings is 2. The lowest BCUT2D eigenvalue weighted by atomic mass is 9.99. The number of carbonyl (C=O) groups excluding carboxylic acids is 1. The number of piperazine rings is 1. The number of hydrogen-bond donors (Lipinski definition) is 3. The average Bonchev–Trinajstić information content (AvgIpc) is 3.65. The van der Waals surface area contributed by atoms with Crippen molar-refractivity contribution in [3.63, 3.8) is 0 Å². The Balaban J connectivity index is 1.26. The Bertz CT molecular complexity index is 1860. The van der Waals surface area contributed by atoms with Crippen LogP contribution < -0.4 is 9.62 Å². The fourth-order valence-corrected chi connectivity index (χ4v) is 6.72. The lowest BCUT2D eigenvalue weighted by Gasteiger charge is -2.34. The molecule has 0 spiro atoms. The van der Waals surface area contributed by atoms with Gasteiger partial charge in [0.1, 0.15) is 17.6 Å². The quantitative estimate of drug-likeness (QED) is 0.260. The molecule has 15 heteroatoms. The molecule has 2 saturated heterocycles. The number of fused-ring (bicyclic) bond motifs is 1. The van der Waals surface area contributed by atoms with E-state index >= 15 is 4.39 Å². The van der Waals surface area contributed by atoms with E-state index in [-0.39, 0.29) is 25.1 Å². The smallest absolute Gasteiger partial charge is 0.407 e. The molecule has 11 nitrogen and oxygen atoms in total. The SMILES string of the molecule is O=C(c1c(F)ccc(NS(=O)(=O)N2CCC(F)C2)c1F)c1c[nH]c2ncc(-c3ccc(N4CCN(C(=O)O)CC4)cc3)cc12. The first-order chi connectivity index (χ1) is 21.0. The highest BCUT2D eigenvalue weighted by atomic mass is 32.2. The maximum Gasteiger partial charge on any atom is 0.407 e. The molecule has 1 unspecified atom stereocenters. The Morgan fingerprint density at radius 1 is 1.00 bits per heavy atom. The second-order valence-electron chi connectivity index (χ2n) is 10.6. The summed E-state index contributed by atoms with van der Waals surface area (Å²) in [7, 11) is -4.34. The molecule has 44 heavy (non-hydrogen) atoms. The standard InChI is InChI=1S/C29H27F3N6O5S/c30-19-7-8-38(16-19)44(42,43)35-24-6-5-23(31)25(26(24)32)27(39)22-15-34-28-21(22)13-18(14-33-28)17-1-3-20(4-2-17)36-9-11-37(12-10-36)29(40)41/h1-6,13-15,19,35H,7-12,16H2,(H,33,34)(H,40,41). The molecule has 2 aliphatic rings. The van der Waals surface area contributed by atoms with Crippen LogP contribution in [0.25, 0.3) is 22.2 Å². The number of pyridine rings is 1. The highest BCUT2D eigenvalue weighted by Crippen LogP contribution is 2.31. The summed E-state index contributed by atoms with van der Waals surface area (Å²) in [5.74, 6) is -3.60. The highest BCUT2D eigenvalue weighted by Gasteiger charge is 2.33. The third-order valence-electron chi connectivity index (χ3n) is 7.88. The van der Waals surface area contributed by atoms with Gasteiger partial charge in [-0.25, -0.2) is 22.9 Å². The Labute approximate surface area is 250 Å². The van der Waals surface area contributed by atoms with E-state index in [9.17, 15) is 26.8 Å². The zero-order valence-corrected chi connectivity index (χ0v) is 24.0. The first kappa shape index (κ1) is 29.4. The van der Waals surface area contributed by atoms with Crippen molar-refractivity contribution in [3.8, 4) is 11.1 Å². The van der Waals surface area contributed by atoms with Gasteiger partial charge in [-0.05, 0) is 42.3 Å². The van der Waals surface area contributed by atoms with Crippen molar-refractivity contribution in [1.29, 1.82) is 0 Å². The first-order valence-electron chi connectivity index (χ1n) is 13.8. The molecule has 0 saturated carbocycles. The van der Waals surface area contributed by atoms with Crippen molar-refractivity contribution >= 4 is 44.5 Å². The van der Waals surface area contributed by atoms with Crippen LogP contribution in [0.15, 0.2) is 54.9 Å². The van der Waals surface area contributed by atoms with Crippen LogP contribution in [0.2, 0.25) is 0 Å². The highest BCUT2D eigenvalue weighted by molar-refractivity contribution is 7.90. The van der Waals surface area contributed by atoms with Gasteiger partial charge in [-0.2, -0.15) is 12.7 Å². The second kappa shape index (κ2) is 11.5. The predicted molar refractivity (Wildman–Crippen MR) is 157 cm³/mol. The summed E-state index contributed by atoms with van der Waals surface area (Å²) in [5, 5.41) is 9.47. The first-order valence-corrected chi connectivity index (χ1v) is 15.2. The molecular formula is C29H27F3N6O5S. The van der Waals surface area contributed by atoms with Gasteiger partial charge in [0.2, 0.25) is 5.78 Å². The number of amides is 1. The summed E-state index contributed by atoms with van der Waals surface area (Å²) in [4.78, 5) is 35.3. The minimum Gasteiger partial charge on any atom is -0.465 e. The van der Waals surface area contributed by atoms with E-state index in [0.717, 1.165) is 27.7 Å². The van der Waals surface area contributed by atoms with E-state index in [0.29, 0.717) is 42.8 Å². The normalized spacial score (nSPS) is 17.8. The summed E-state index contributed by atoms with van der Waals surface area (Å²) in [6, 6.07) is 10.8. The summed E-state index contributed by atoms with van der Waals surface area (Å²) in [6.45, 7) is 1.43. The number of hydrogen-bond acceptors (Lipinski definition) is 6. The number of aromatic nitrogens is 2. The summed E-state index contributed by atoms with van der Waals surface area (Å²) in [6.07, 6.45) is 0.587. The minimum absolute atomic E-state index is 0.00315. The van der Waals surface area contributed by atoms with E-state index in [1.807, 2.05) is 29.0 Å². The maximum atomic E-state index is 15.5. The molecule has 4 heterocycles. The van der Waals surface area contributed by atoms with E-state index < -0.39 is 51.1 Å². The van der Waals surface area contributed by atoms with Crippen LogP contribution in [0.1, 0.15) is 22.3 Å². The van der Waals surface area contributed by atoms with Crippen molar-refractivity contribution in [2.45, 2.75) is 12.6 Å². The summed E-state index contributed by atoms with van der Waals surface area (Å²) >= 11 is 0. The molecular weight excluding hydrogens is 601 g/mol. The number of anilines is 2. The number of halogens is 3. The van der Waals surface area contributed by atoms with E-state index in [1.165, 1.54) is 11.1 Å². The number of rotatable bonds is 7. The predicted octanol–water partition coefficient (Wildman–Crippen LogP) is 4.24. The Hall–Kier alpha value is -4.63. The summed E-state index contributed by atoms with van der Waals surface area (Å²) < 4.78 is 72.1. The fraction of sp³-hybridized carbons (Fsp3) is 0.276. The van der Waals surface area contributed by atoms with Gasteiger partial charge >= 0.3 is 16.3 Å². The van der Waals surface area contributed by atoms with E-state index in [2.05, 4.69) is 14.9 Å². The fourth-order valence-electron chi connectivity index (χ4n) is 5.45. The van der Waals surface area contributed by atoms with E-state index in [1.54, 1.807) is 12.3 Å². The number of nitrogens with one attached hydrogen (secondary N) is 2. The lowest BCUT2D eigenvalue weighted by Crippen LogP contribution is -2.48. The van der Waals surface area contributed by atoms with Gasteiger partial charge in [0.15, 0.2) is 5.82 Å². The van der Waals surface area contributed by atoms with Crippen LogP contribution in [0.5, 0.6) is 0 Å². The molecule has 230 valence electrons. The number of ketones is 1. The van der Waals surface area contributed by atoms with Gasteiger partial charge in [-0.1, -0.05) is 12.1 Å². The zero-order chi connectivity index (χ0) is 31.2.